The largest absolute Gasteiger partial charge is 0.573 e. The maximum Gasteiger partial charge on any atom is 0.573 e. The number of alkyl halides is 6. The van der Waals surface area contributed by atoms with Gasteiger partial charge < -0.3 is 9.84 Å². The summed E-state index contributed by atoms with van der Waals surface area (Å²) in [6.07, 6.45) is -8.10. The summed E-state index contributed by atoms with van der Waals surface area (Å²) >= 11 is 5.29. The van der Waals surface area contributed by atoms with Crippen LogP contribution in [0.15, 0.2) is 6.20 Å². The van der Waals surface area contributed by atoms with Crippen LogP contribution in [0.2, 0.25) is 0 Å². The number of nitrogens with zero attached hydrogens (tertiary/aromatic N) is 1. The molecule has 0 bridgehead atoms. The van der Waals surface area contributed by atoms with Gasteiger partial charge in [0.1, 0.15) is 0 Å². The molecular weight excluding hydrogens is 301 g/mol. The van der Waals surface area contributed by atoms with Crippen molar-refractivity contribution in [1.29, 1.82) is 0 Å². The Kier molecular flexibility index (Phi) is 4.51. The highest BCUT2D eigenvalue weighted by atomic mass is 35.5. The van der Waals surface area contributed by atoms with E-state index in [1.807, 2.05) is 0 Å². The van der Waals surface area contributed by atoms with Gasteiger partial charge in [-0.25, -0.2) is 18.6 Å². The molecule has 0 saturated carbocycles. The van der Waals surface area contributed by atoms with E-state index in [2.05, 4.69) is 9.72 Å². The highest BCUT2D eigenvalue weighted by molar-refractivity contribution is 6.17. The molecule has 1 heterocycles. The van der Waals surface area contributed by atoms with Crippen molar-refractivity contribution in [1.82, 2.24) is 4.98 Å². The Hall–Kier alpha value is -1.64. The van der Waals surface area contributed by atoms with Crippen LogP contribution in [0.3, 0.4) is 0 Å². The lowest BCUT2D eigenvalue weighted by molar-refractivity contribution is -0.275. The number of carboxylic acid groups (broad SMARTS) is 1. The average Bonchev–Trinajstić information content (AvgIpc) is 2.25. The van der Waals surface area contributed by atoms with Gasteiger partial charge in [-0.05, 0) is 0 Å². The van der Waals surface area contributed by atoms with Crippen LogP contribution < -0.4 is 4.74 Å². The van der Waals surface area contributed by atoms with Gasteiger partial charge >= 0.3 is 12.3 Å². The molecule has 0 aliphatic carbocycles. The number of carbonyl (C=O) groups is 1. The summed E-state index contributed by atoms with van der Waals surface area (Å²) in [7, 11) is 0. The van der Waals surface area contributed by atoms with Gasteiger partial charge in [-0.15, -0.1) is 24.8 Å². The van der Waals surface area contributed by atoms with E-state index in [9.17, 15) is 26.7 Å². The Labute approximate surface area is 107 Å². The third kappa shape index (κ3) is 3.66. The fourth-order valence-corrected chi connectivity index (χ4v) is 1.58. The normalized spacial score (nSPS) is 11.7. The van der Waals surface area contributed by atoms with E-state index < -0.39 is 47.2 Å². The molecule has 0 unspecified atom stereocenters. The molecule has 0 amide bonds. The summed E-state index contributed by atoms with van der Waals surface area (Å²) < 4.78 is 65.1. The van der Waals surface area contributed by atoms with Gasteiger partial charge in [0.2, 0.25) is 0 Å². The summed E-state index contributed by atoms with van der Waals surface area (Å²) in [6, 6.07) is 0. The summed E-state index contributed by atoms with van der Waals surface area (Å²) in [4.78, 5) is 13.7. The first kappa shape index (κ1) is 15.4. The highest BCUT2D eigenvalue weighted by Crippen LogP contribution is 2.35. The molecule has 1 aromatic heterocycles. The smallest absolute Gasteiger partial charge is 0.476 e. The van der Waals surface area contributed by atoms with Crippen molar-refractivity contribution in [3.63, 3.8) is 0 Å². The Morgan fingerprint density at radius 1 is 1.47 bits per heavy atom. The predicted octanol–water partition coefficient (Wildman–Crippen LogP) is 3.35. The van der Waals surface area contributed by atoms with Gasteiger partial charge in [-0.2, -0.15) is 0 Å². The molecule has 1 aromatic rings. The Morgan fingerprint density at radius 3 is 2.42 bits per heavy atom. The summed E-state index contributed by atoms with van der Waals surface area (Å²) in [5, 5.41) is 8.66. The van der Waals surface area contributed by atoms with Crippen molar-refractivity contribution in [2.24, 2.45) is 0 Å². The zero-order valence-electron chi connectivity index (χ0n) is 8.84. The number of hydrogen-bond donors (Lipinski definition) is 1. The molecule has 1 N–H and O–H groups in total. The summed E-state index contributed by atoms with van der Waals surface area (Å²) in [5.41, 5.74) is -3.02. The molecule has 19 heavy (non-hydrogen) atoms. The first-order valence-corrected chi connectivity index (χ1v) is 5.05. The van der Waals surface area contributed by atoms with Gasteiger partial charge in [0.25, 0.3) is 6.43 Å². The molecular formula is C9H5ClF5NO3. The lowest BCUT2D eigenvalue weighted by Crippen LogP contribution is -2.20. The maximum absolute atomic E-state index is 12.7. The number of hydrogen-bond acceptors (Lipinski definition) is 3. The van der Waals surface area contributed by atoms with E-state index >= 15 is 0 Å². The third-order valence-electron chi connectivity index (χ3n) is 1.97. The lowest BCUT2D eigenvalue weighted by atomic mass is 10.1. The first-order chi connectivity index (χ1) is 8.67. The minimum Gasteiger partial charge on any atom is -0.476 e. The van der Waals surface area contributed by atoms with Gasteiger partial charge in [0.15, 0.2) is 11.4 Å². The number of carboxylic acids is 1. The second-order valence-electron chi connectivity index (χ2n) is 3.15. The number of rotatable bonds is 4. The van der Waals surface area contributed by atoms with Crippen LogP contribution in [0, 0.1) is 0 Å². The average molecular weight is 306 g/mol. The quantitative estimate of drug-likeness (QED) is 0.684. The molecule has 0 aliphatic rings. The number of ether oxygens (including phenoxy) is 1. The minimum absolute atomic E-state index is 0.389. The molecule has 10 heteroatoms. The number of pyridine rings is 1. The predicted molar refractivity (Wildman–Crippen MR) is 52.4 cm³/mol. The second-order valence-corrected chi connectivity index (χ2v) is 3.42. The monoisotopic (exact) mass is 305 g/mol. The third-order valence-corrected chi connectivity index (χ3v) is 2.24. The molecule has 0 aliphatic heterocycles. The van der Waals surface area contributed by atoms with Crippen LogP contribution in [0.4, 0.5) is 22.0 Å². The van der Waals surface area contributed by atoms with Gasteiger partial charge in [-0.3, -0.25) is 0 Å². The summed E-state index contributed by atoms with van der Waals surface area (Å²) in [5.74, 6) is -3.64. The molecule has 0 fully saturated rings. The van der Waals surface area contributed by atoms with Crippen LogP contribution >= 0.6 is 11.6 Å². The van der Waals surface area contributed by atoms with Crippen molar-refractivity contribution in [3.8, 4) is 5.75 Å². The zero-order valence-corrected chi connectivity index (χ0v) is 9.60. The molecule has 0 saturated heterocycles. The van der Waals surface area contributed by atoms with E-state index in [1.165, 1.54) is 0 Å². The Balaban J connectivity index is 3.45. The standard InChI is InChI=1S/C9H5ClF5NO3/c10-1-3-4(19-9(13,14)15)2-16-6(8(17)18)5(3)7(11)12/h2,7H,1H2,(H,17,18). The number of aromatic carboxylic acids is 1. The molecule has 1 rings (SSSR count). The van der Waals surface area contributed by atoms with E-state index in [0.29, 0.717) is 6.20 Å². The highest BCUT2D eigenvalue weighted by Gasteiger charge is 2.34. The zero-order chi connectivity index (χ0) is 14.8. The lowest BCUT2D eigenvalue weighted by Gasteiger charge is -2.15. The second kappa shape index (κ2) is 5.55. The van der Waals surface area contributed by atoms with Crippen molar-refractivity contribution >= 4 is 17.6 Å². The van der Waals surface area contributed by atoms with Crippen LogP contribution in [0.5, 0.6) is 5.75 Å². The van der Waals surface area contributed by atoms with Gasteiger partial charge in [0, 0.05) is 5.56 Å². The van der Waals surface area contributed by atoms with Crippen molar-refractivity contribution in [3.05, 3.63) is 23.0 Å². The molecule has 0 atom stereocenters. The van der Waals surface area contributed by atoms with E-state index in [0.717, 1.165) is 0 Å². The molecule has 0 radical (unpaired) electrons. The fraction of sp³-hybridized carbons (Fsp3) is 0.333. The fourth-order valence-electron chi connectivity index (χ4n) is 1.30. The van der Waals surface area contributed by atoms with Crippen molar-refractivity contribution in [2.45, 2.75) is 18.7 Å². The van der Waals surface area contributed by atoms with Crippen molar-refractivity contribution in [2.75, 3.05) is 0 Å². The Bertz CT molecular complexity index is 491. The topological polar surface area (TPSA) is 59.4 Å². The number of aromatic nitrogens is 1. The molecule has 0 aromatic carbocycles. The Morgan fingerprint density at radius 2 is 2.05 bits per heavy atom. The molecule has 4 nitrogen and oxygen atoms in total. The van der Waals surface area contributed by atoms with Gasteiger partial charge in [-0.1, -0.05) is 0 Å². The van der Waals surface area contributed by atoms with Crippen LogP contribution in [0.25, 0.3) is 0 Å². The van der Waals surface area contributed by atoms with Crippen molar-refractivity contribution < 1.29 is 36.6 Å². The SMILES string of the molecule is O=C(O)c1ncc(OC(F)(F)F)c(CCl)c1C(F)F. The minimum atomic E-state index is -5.13. The summed E-state index contributed by atoms with van der Waals surface area (Å²) in [6.45, 7) is 0. The van der Waals surface area contributed by atoms with E-state index in [-0.39, 0.29) is 0 Å². The number of halogens is 6. The van der Waals surface area contributed by atoms with Crippen LogP contribution in [-0.2, 0) is 5.88 Å². The maximum atomic E-state index is 12.7. The van der Waals surface area contributed by atoms with E-state index in [4.69, 9.17) is 16.7 Å². The molecule has 106 valence electrons. The van der Waals surface area contributed by atoms with Crippen LogP contribution in [-0.4, -0.2) is 22.4 Å². The van der Waals surface area contributed by atoms with Gasteiger partial charge in [0.05, 0.1) is 17.6 Å². The molecule has 0 spiro atoms. The first-order valence-electron chi connectivity index (χ1n) is 4.52. The van der Waals surface area contributed by atoms with Crippen LogP contribution in [0.1, 0.15) is 28.0 Å². The van der Waals surface area contributed by atoms with E-state index in [1.54, 1.807) is 0 Å².